The van der Waals surface area contributed by atoms with Crippen LogP contribution in [0.2, 0.25) is 0 Å². The molecule has 0 fully saturated rings. The fraction of sp³-hybridized carbons (Fsp3) is 0.591. The van der Waals surface area contributed by atoms with Crippen LogP contribution in [0.25, 0.3) is 0 Å². The Bertz CT molecular complexity index is 754. The third-order valence-corrected chi connectivity index (χ3v) is 4.94. The lowest BCUT2D eigenvalue weighted by atomic mass is 9.89. The van der Waals surface area contributed by atoms with Crippen molar-refractivity contribution in [3.05, 3.63) is 47.5 Å². The van der Waals surface area contributed by atoms with Gasteiger partial charge in [-0.1, -0.05) is 33.8 Å². The van der Waals surface area contributed by atoms with E-state index >= 15 is 0 Å². The molecule has 0 aliphatic rings. The van der Waals surface area contributed by atoms with Crippen molar-refractivity contribution in [1.29, 1.82) is 0 Å². The summed E-state index contributed by atoms with van der Waals surface area (Å²) in [4.78, 5) is 11.4. The van der Waals surface area contributed by atoms with Crippen molar-refractivity contribution in [3.8, 4) is 0 Å². The second-order valence-electron chi connectivity index (χ2n) is 8.06. The number of nitrogens with zero attached hydrogens (tertiary/aromatic N) is 5. The standard InChI is InChI=1S/C22H36N6.HI/c1-8-24-22(25-13-20(16(2)3)18-10-9-11-23-12-18)27(6)14-19-15-28(7)26-21(19)17(4)5;/h9-12,15-17,20H,8,13-14H2,1-7H3,(H,24,25);1H. The quantitative estimate of drug-likeness (QED) is 0.324. The molecule has 0 radical (unpaired) electrons. The molecule has 162 valence electrons. The fourth-order valence-electron chi connectivity index (χ4n) is 3.44. The van der Waals surface area contributed by atoms with Gasteiger partial charge in [-0.15, -0.1) is 24.0 Å². The molecule has 0 aliphatic heterocycles. The minimum atomic E-state index is 0. The number of nitrogens with one attached hydrogen (secondary N) is 1. The van der Waals surface area contributed by atoms with Gasteiger partial charge in [0.1, 0.15) is 0 Å². The zero-order chi connectivity index (χ0) is 20.7. The van der Waals surface area contributed by atoms with E-state index in [1.165, 1.54) is 11.1 Å². The molecule has 0 spiro atoms. The van der Waals surface area contributed by atoms with Crippen LogP contribution in [0.1, 0.15) is 63.3 Å². The van der Waals surface area contributed by atoms with Crippen molar-refractivity contribution in [3.63, 3.8) is 0 Å². The topological polar surface area (TPSA) is 58.3 Å². The first-order chi connectivity index (χ1) is 13.3. The van der Waals surface area contributed by atoms with Crippen molar-refractivity contribution in [2.75, 3.05) is 20.1 Å². The van der Waals surface area contributed by atoms with Gasteiger partial charge in [0.2, 0.25) is 0 Å². The second kappa shape index (κ2) is 12.1. The summed E-state index contributed by atoms with van der Waals surface area (Å²) in [5.74, 6) is 2.17. The van der Waals surface area contributed by atoms with Gasteiger partial charge in [-0.2, -0.15) is 5.10 Å². The molecule has 7 heteroatoms. The number of rotatable bonds is 8. The molecule has 2 heterocycles. The van der Waals surface area contributed by atoms with E-state index in [0.717, 1.165) is 31.3 Å². The number of guanidine groups is 1. The Morgan fingerprint density at radius 3 is 2.55 bits per heavy atom. The maximum atomic E-state index is 4.97. The average Bonchev–Trinajstić information content (AvgIpc) is 3.02. The number of hydrogen-bond acceptors (Lipinski definition) is 3. The average molecular weight is 512 g/mol. The predicted molar refractivity (Wildman–Crippen MR) is 132 cm³/mol. The summed E-state index contributed by atoms with van der Waals surface area (Å²) in [7, 11) is 4.07. The van der Waals surface area contributed by atoms with Crippen LogP contribution in [0.5, 0.6) is 0 Å². The fourth-order valence-corrected chi connectivity index (χ4v) is 3.44. The summed E-state index contributed by atoms with van der Waals surface area (Å²) >= 11 is 0. The van der Waals surface area contributed by atoms with Crippen LogP contribution >= 0.6 is 24.0 Å². The van der Waals surface area contributed by atoms with Gasteiger partial charge in [0, 0.05) is 63.8 Å². The molecule has 6 nitrogen and oxygen atoms in total. The molecule has 0 saturated carbocycles. The highest BCUT2D eigenvalue weighted by atomic mass is 127. The lowest BCUT2D eigenvalue weighted by Crippen LogP contribution is -2.39. The summed E-state index contributed by atoms with van der Waals surface area (Å²) in [6.45, 7) is 13.3. The molecular formula is C22H37IN6. The van der Waals surface area contributed by atoms with E-state index in [2.05, 4.69) is 74.2 Å². The van der Waals surface area contributed by atoms with Gasteiger partial charge in [-0.25, -0.2) is 0 Å². The highest BCUT2D eigenvalue weighted by Crippen LogP contribution is 2.24. The van der Waals surface area contributed by atoms with Gasteiger partial charge in [0.15, 0.2) is 5.96 Å². The summed E-state index contributed by atoms with van der Waals surface area (Å²) in [5, 5.41) is 8.07. The molecule has 1 unspecified atom stereocenters. The van der Waals surface area contributed by atoms with Gasteiger partial charge in [0.05, 0.1) is 5.69 Å². The summed E-state index contributed by atoms with van der Waals surface area (Å²) in [5.41, 5.74) is 3.65. The number of hydrogen-bond donors (Lipinski definition) is 1. The molecular weight excluding hydrogens is 475 g/mol. The Morgan fingerprint density at radius 2 is 2.00 bits per heavy atom. The molecule has 2 rings (SSSR count). The normalized spacial score (nSPS) is 12.8. The molecule has 0 saturated heterocycles. The Balaban J connectivity index is 0.00000420. The molecule has 0 aliphatic carbocycles. The van der Waals surface area contributed by atoms with Crippen LogP contribution in [0, 0.1) is 5.92 Å². The van der Waals surface area contributed by atoms with E-state index in [0.29, 0.717) is 17.8 Å². The SMILES string of the molecule is CCNC(=NCC(c1cccnc1)C(C)C)N(C)Cc1cn(C)nc1C(C)C.I. The van der Waals surface area contributed by atoms with Gasteiger partial charge >= 0.3 is 0 Å². The van der Waals surface area contributed by atoms with E-state index in [1.807, 2.05) is 30.2 Å². The van der Waals surface area contributed by atoms with Gasteiger partial charge in [-0.3, -0.25) is 14.7 Å². The molecule has 29 heavy (non-hydrogen) atoms. The summed E-state index contributed by atoms with van der Waals surface area (Å²) in [6.07, 6.45) is 5.89. The van der Waals surface area contributed by atoms with Crippen LogP contribution in [0.15, 0.2) is 35.7 Å². The van der Waals surface area contributed by atoms with E-state index in [4.69, 9.17) is 4.99 Å². The van der Waals surface area contributed by atoms with Gasteiger partial charge in [-0.05, 0) is 30.4 Å². The van der Waals surface area contributed by atoms with Gasteiger partial charge < -0.3 is 10.2 Å². The maximum absolute atomic E-state index is 4.97. The van der Waals surface area contributed by atoms with Crippen LogP contribution in [-0.4, -0.2) is 45.8 Å². The van der Waals surface area contributed by atoms with Crippen LogP contribution in [0.4, 0.5) is 0 Å². The van der Waals surface area contributed by atoms with Crippen LogP contribution in [-0.2, 0) is 13.6 Å². The zero-order valence-corrected chi connectivity index (χ0v) is 21.2. The first-order valence-electron chi connectivity index (χ1n) is 10.2. The summed E-state index contributed by atoms with van der Waals surface area (Å²) in [6, 6.07) is 4.15. The third kappa shape index (κ3) is 7.28. The highest BCUT2D eigenvalue weighted by Gasteiger charge is 2.18. The molecule has 1 N–H and O–H groups in total. The van der Waals surface area contributed by atoms with Crippen LogP contribution < -0.4 is 5.32 Å². The van der Waals surface area contributed by atoms with E-state index in [-0.39, 0.29) is 24.0 Å². The first kappa shape index (κ1) is 25.4. The first-order valence-corrected chi connectivity index (χ1v) is 10.2. The second-order valence-corrected chi connectivity index (χ2v) is 8.06. The van der Waals surface area contributed by atoms with E-state index in [1.54, 1.807) is 0 Å². The molecule has 1 atom stereocenters. The lowest BCUT2D eigenvalue weighted by Gasteiger charge is -2.24. The Labute approximate surface area is 193 Å². The monoisotopic (exact) mass is 512 g/mol. The molecule has 0 bridgehead atoms. The van der Waals surface area contributed by atoms with Crippen molar-refractivity contribution in [2.45, 2.75) is 53.0 Å². The summed E-state index contributed by atoms with van der Waals surface area (Å²) < 4.78 is 1.90. The number of aliphatic imine (C=N–C) groups is 1. The predicted octanol–water partition coefficient (Wildman–Crippen LogP) is 4.39. The largest absolute Gasteiger partial charge is 0.357 e. The smallest absolute Gasteiger partial charge is 0.193 e. The van der Waals surface area contributed by atoms with Gasteiger partial charge in [0.25, 0.3) is 0 Å². The number of aromatic nitrogens is 3. The maximum Gasteiger partial charge on any atom is 0.193 e. The minimum Gasteiger partial charge on any atom is -0.357 e. The molecule has 0 amide bonds. The van der Waals surface area contributed by atoms with Crippen molar-refractivity contribution >= 4 is 29.9 Å². The van der Waals surface area contributed by atoms with Crippen LogP contribution in [0.3, 0.4) is 0 Å². The Hall–Kier alpha value is -1.64. The Kier molecular flexibility index (Phi) is 10.6. The molecule has 2 aromatic rings. The highest BCUT2D eigenvalue weighted by molar-refractivity contribution is 14.0. The third-order valence-electron chi connectivity index (χ3n) is 4.94. The number of pyridine rings is 1. The number of halogens is 1. The number of aryl methyl sites for hydroxylation is 1. The molecule has 0 aromatic carbocycles. The van der Waals surface area contributed by atoms with Crippen molar-refractivity contribution in [2.24, 2.45) is 18.0 Å². The zero-order valence-electron chi connectivity index (χ0n) is 18.9. The minimum absolute atomic E-state index is 0. The van der Waals surface area contributed by atoms with Crippen molar-refractivity contribution < 1.29 is 0 Å². The molecule has 2 aromatic heterocycles. The van der Waals surface area contributed by atoms with E-state index in [9.17, 15) is 0 Å². The van der Waals surface area contributed by atoms with Crippen molar-refractivity contribution in [1.82, 2.24) is 25.0 Å². The Morgan fingerprint density at radius 1 is 1.28 bits per heavy atom. The lowest BCUT2D eigenvalue weighted by molar-refractivity contribution is 0.462. The van der Waals surface area contributed by atoms with E-state index < -0.39 is 0 Å².